The SMILES string of the molecule is [CH2]CCCCCC/C=C/CCCCC(C)CCCC[CH2]. The molecule has 0 N–H and O–H groups in total. The lowest BCUT2D eigenvalue weighted by atomic mass is 9.97. The maximum absolute atomic E-state index is 3.90. The summed E-state index contributed by atoms with van der Waals surface area (Å²) in [5.74, 6) is 0.915. The Kier molecular flexibility index (Phi) is 16.6. The van der Waals surface area contributed by atoms with E-state index in [1.165, 1.54) is 77.0 Å². The van der Waals surface area contributed by atoms with Crippen LogP contribution in [0.5, 0.6) is 0 Å². The van der Waals surface area contributed by atoms with Gasteiger partial charge in [0.1, 0.15) is 0 Å². The van der Waals surface area contributed by atoms with Crippen LogP contribution in [-0.2, 0) is 0 Å². The van der Waals surface area contributed by atoms with E-state index in [0.717, 1.165) is 18.8 Å². The summed E-state index contributed by atoms with van der Waals surface area (Å²) in [5.41, 5.74) is 0. The molecule has 118 valence electrons. The smallest absolute Gasteiger partial charge is 0.0351 e. The van der Waals surface area contributed by atoms with Crippen molar-refractivity contribution in [3.63, 3.8) is 0 Å². The molecule has 0 heterocycles. The molecule has 0 aliphatic heterocycles. The highest BCUT2D eigenvalue weighted by molar-refractivity contribution is 4.81. The zero-order valence-electron chi connectivity index (χ0n) is 14.0. The monoisotopic (exact) mass is 278 g/mol. The molecule has 0 nitrogen and oxygen atoms in total. The summed E-state index contributed by atoms with van der Waals surface area (Å²) in [7, 11) is 0. The van der Waals surface area contributed by atoms with E-state index in [2.05, 4.69) is 32.9 Å². The van der Waals surface area contributed by atoms with Crippen LogP contribution in [0.4, 0.5) is 0 Å². The van der Waals surface area contributed by atoms with Crippen molar-refractivity contribution in [3.05, 3.63) is 26.0 Å². The topological polar surface area (TPSA) is 0 Å². The van der Waals surface area contributed by atoms with Gasteiger partial charge in [-0.3, -0.25) is 0 Å². The van der Waals surface area contributed by atoms with Crippen LogP contribution in [0, 0.1) is 19.8 Å². The minimum Gasteiger partial charge on any atom is -0.0885 e. The van der Waals surface area contributed by atoms with Gasteiger partial charge in [-0.2, -0.15) is 0 Å². The molecule has 0 spiro atoms. The van der Waals surface area contributed by atoms with Gasteiger partial charge in [0.05, 0.1) is 0 Å². The molecule has 0 rings (SSSR count). The van der Waals surface area contributed by atoms with Crippen LogP contribution in [-0.4, -0.2) is 0 Å². The molecular formula is C20H38. The van der Waals surface area contributed by atoms with Gasteiger partial charge in [-0.1, -0.05) is 97.1 Å². The normalized spacial score (nSPS) is 13.2. The maximum Gasteiger partial charge on any atom is -0.0351 e. The molecular weight excluding hydrogens is 240 g/mol. The second kappa shape index (κ2) is 16.8. The standard InChI is InChI=1S/C20H38/c1-4-6-8-9-10-11-12-13-14-15-17-19-20(3)18-16-7-5-2/h12-13,20H,1-2,4-11,14-19H2,3H3/b13-12+. The van der Waals surface area contributed by atoms with Gasteiger partial charge >= 0.3 is 0 Å². The lowest BCUT2D eigenvalue weighted by Gasteiger charge is -2.09. The van der Waals surface area contributed by atoms with E-state index < -0.39 is 0 Å². The Morgan fingerprint density at radius 2 is 1.10 bits per heavy atom. The van der Waals surface area contributed by atoms with E-state index in [1.807, 2.05) is 0 Å². The third kappa shape index (κ3) is 15.8. The van der Waals surface area contributed by atoms with Gasteiger partial charge in [0, 0.05) is 0 Å². The lowest BCUT2D eigenvalue weighted by Crippen LogP contribution is -1.94. The summed E-state index contributed by atoms with van der Waals surface area (Å²) in [4.78, 5) is 0. The Morgan fingerprint density at radius 3 is 1.70 bits per heavy atom. The molecule has 0 bridgehead atoms. The Balaban J connectivity index is 3.18. The van der Waals surface area contributed by atoms with Crippen LogP contribution in [0.15, 0.2) is 12.2 Å². The van der Waals surface area contributed by atoms with Gasteiger partial charge in [0.15, 0.2) is 0 Å². The number of unbranched alkanes of at least 4 members (excludes halogenated alkanes) is 9. The second-order valence-electron chi connectivity index (χ2n) is 6.27. The Bertz CT molecular complexity index is 192. The first kappa shape index (κ1) is 19.7. The molecule has 0 aromatic heterocycles. The van der Waals surface area contributed by atoms with E-state index in [4.69, 9.17) is 0 Å². The van der Waals surface area contributed by atoms with Crippen molar-refractivity contribution in [2.75, 3.05) is 0 Å². The number of hydrogen-bond acceptors (Lipinski definition) is 0. The molecule has 0 saturated heterocycles. The first-order chi connectivity index (χ1) is 9.81. The Labute approximate surface area is 129 Å². The molecule has 1 atom stereocenters. The van der Waals surface area contributed by atoms with E-state index in [1.54, 1.807) is 0 Å². The molecule has 20 heavy (non-hydrogen) atoms. The molecule has 0 aromatic rings. The van der Waals surface area contributed by atoms with Crippen molar-refractivity contribution >= 4 is 0 Å². The minimum atomic E-state index is 0.915. The fourth-order valence-corrected chi connectivity index (χ4v) is 2.60. The largest absolute Gasteiger partial charge is 0.0885 e. The molecule has 0 aliphatic carbocycles. The average molecular weight is 279 g/mol. The zero-order valence-corrected chi connectivity index (χ0v) is 14.0. The van der Waals surface area contributed by atoms with Crippen LogP contribution in [0.3, 0.4) is 0 Å². The van der Waals surface area contributed by atoms with Crippen LogP contribution in [0.2, 0.25) is 0 Å². The fourth-order valence-electron chi connectivity index (χ4n) is 2.60. The molecule has 0 aliphatic rings. The maximum atomic E-state index is 3.90. The van der Waals surface area contributed by atoms with Crippen molar-refractivity contribution in [1.29, 1.82) is 0 Å². The average Bonchev–Trinajstić information content (AvgIpc) is 2.45. The van der Waals surface area contributed by atoms with E-state index in [0.29, 0.717) is 0 Å². The van der Waals surface area contributed by atoms with Crippen LogP contribution in [0.1, 0.15) is 96.8 Å². The summed E-state index contributed by atoms with van der Waals surface area (Å²) in [5, 5.41) is 0. The molecule has 1 unspecified atom stereocenters. The highest BCUT2D eigenvalue weighted by Gasteiger charge is 2.00. The molecule has 2 radical (unpaired) electrons. The zero-order chi connectivity index (χ0) is 14.9. The van der Waals surface area contributed by atoms with Gasteiger partial charge in [-0.15, -0.1) is 0 Å². The molecule has 0 aromatic carbocycles. The quantitative estimate of drug-likeness (QED) is 0.217. The van der Waals surface area contributed by atoms with Crippen LogP contribution in [0.25, 0.3) is 0 Å². The first-order valence-electron chi connectivity index (χ1n) is 9.04. The second-order valence-corrected chi connectivity index (χ2v) is 6.27. The van der Waals surface area contributed by atoms with Crippen molar-refractivity contribution < 1.29 is 0 Å². The molecule has 0 heteroatoms. The van der Waals surface area contributed by atoms with Gasteiger partial charge in [-0.25, -0.2) is 0 Å². The van der Waals surface area contributed by atoms with Gasteiger partial charge in [0.2, 0.25) is 0 Å². The van der Waals surface area contributed by atoms with E-state index in [9.17, 15) is 0 Å². The van der Waals surface area contributed by atoms with Crippen LogP contribution >= 0.6 is 0 Å². The fraction of sp³-hybridized carbons (Fsp3) is 0.800. The van der Waals surface area contributed by atoms with Crippen molar-refractivity contribution in [2.45, 2.75) is 96.8 Å². The third-order valence-corrected chi connectivity index (χ3v) is 4.05. The number of rotatable bonds is 15. The summed E-state index contributed by atoms with van der Waals surface area (Å²) in [6.07, 6.45) is 23.2. The van der Waals surface area contributed by atoms with Crippen LogP contribution < -0.4 is 0 Å². The lowest BCUT2D eigenvalue weighted by molar-refractivity contribution is 0.446. The molecule has 0 saturated carbocycles. The molecule has 0 amide bonds. The summed E-state index contributed by atoms with van der Waals surface area (Å²) in [6, 6.07) is 0. The Morgan fingerprint density at radius 1 is 0.650 bits per heavy atom. The number of allylic oxidation sites excluding steroid dienone is 2. The number of hydrogen-bond donors (Lipinski definition) is 0. The van der Waals surface area contributed by atoms with Gasteiger partial charge < -0.3 is 0 Å². The Hall–Kier alpha value is -0.260. The van der Waals surface area contributed by atoms with E-state index >= 15 is 0 Å². The van der Waals surface area contributed by atoms with Crippen molar-refractivity contribution in [3.8, 4) is 0 Å². The van der Waals surface area contributed by atoms with Gasteiger partial charge in [-0.05, 0) is 31.6 Å². The summed E-state index contributed by atoms with van der Waals surface area (Å²) < 4.78 is 0. The third-order valence-electron chi connectivity index (χ3n) is 4.05. The highest BCUT2D eigenvalue weighted by atomic mass is 14.1. The molecule has 0 fully saturated rings. The van der Waals surface area contributed by atoms with Gasteiger partial charge in [0.25, 0.3) is 0 Å². The predicted molar refractivity (Wildman–Crippen MR) is 93.7 cm³/mol. The van der Waals surface area contributed by atoms with E-state index in [-0.39, 0.29) is 0 Å². The predicted octanol–water partition coefficient (Wildman–Crippen LogP) is 7.31. The van der Waals surface area contributed by atoms with Crippen molar-refractivity contribution in [1.82, 2.24) is 0 Å². The minimum absolute atomic E-state index is 0.915. The first-order valence-corrected chi connectivity index (χ1v) is 9.04. The summed E-state index contributed by atoms with van der Waals surface area (Å²) >= 11 is 0. The summed E-state index contributed by atoms with van der Waals surface area (Å²) in [6.45, 7) is 10.2. The van der Waals surface area contributed by atoms with Crippen molar-refractivity contribution in [2.24, 2.45) is 5.92 Å². The highest BCUT2D eigenvalue weighted by Crippen LogP contribution is 2.16.